The van der Waals surface area contributed by atoms with Crippen molar-refractivity contribution in [2.24, 2.45) is 11.7 Å². The molecule has 1 aromatic heterocycles. The molecule has 0 radical (unpaired) electrons. The van der Waals surface area contributed by atoms with Crippen molar-refractivity contribution in [2.75, 3.05) is 18.5 Å². The fraction of sp³-hybridized carbons (Fsp3) is 0.700. The fourth-order valence-corrected chi connectivity index (χ4v) is 1.11. The van der Waals surface area contributed by atoms with Crippen LogP contribution in [0.2, 0.25) is 0 Å². The standard InChI is InChI=1S/C10H19N3O/c1-8(2)4-5-13(3)10-12-9(6-11)7-14-10/h7-8H,4-6,11H2,1-3H3. The molecule has 0 amide bonds. The molecule has 1 heterocycles. The van der Waals surface area contributed by atoms with E-state index in [9.17, 15) is 0 Å². The van der Waals surface area contributed by atoms with E-state index >= 15 is 0 Å². The molecule has 0 aliphatic heterocycles. The number of hydrogen-bond donors (Lipinski definition) is 1. The largest absolute Gasteiger partial charge is 0.432 e. The average Bonchev–Trinajstić information content (AvgIpc) is 2.62. The van der Waals surface area contributed by atoms with E-state index in [4.69, 9.17) is 10.2 Å². The van der Waals surface area contributed by atoms with Crippen molar-refractivity contribution in [3.63, 3.8) is 0 Å². The molecule has 0 saturated heterocycles. The van der Waals surface area contributed by atoms with E-state index in [0.29, 0.717) is 18.5 Å². The Morgan fingerprint density at radius 1 is 1.57 bits per heavy atom. The number of rotatable bonds is 5. The van der Waals surface area contributed by atoms with E-state index in [2.05, 4.69) is 18.8 Å². The molecule has 1 rings (SSSR count). The van der Waals surface area contributed by atoms with Crippen LogP contribution in [0.3, 0.4) is 0 Å². The molecule has 0 spiro atoms. The summed E-state index contributed by atoms with van der Waals surface area (Å²) in [6.07, 6.45) is 2.75. The summed E-state index contributed by atoms with van der Waals surface area (Å²) in [6, 6.07) is 0.658. The fourth-order valence-electron chi connectivity index (χ4n) is 1.11. The van der Waals surface area contributed by atoms with Gasteiger partial charge in [0.2, 0.25) is 0 Å². The molecule has 1 aromatic rings. The highest BCUT2D eigenvalue weighted by Crippen LogP contribution is 2.13. The quantitative estimate of drug-likeness (QED) is 0.779. The number of aromatic nitrogens is 1. The van der Waals surface area contributed by atoms with Crippen LogP contribution in [0.25, 0.3) is 0 Å². The zero-order chi connectivity index (χ0) is 10.6. The van der Waals surface area contributed by atoms with Crippen LogP contribution in [0.4, 0.5) is 6.01 Å². The van der Waals surface area contributed by atoms with Gasteiger partial charge in [-0.1, -0.05) is 13.8 Å². The van der Waals surface area contributed by atoms with Gasteiger partial charge in [-0.2, -0.15) is 4.98 Å². The summed E-state index contributed by atoms with van der Waals surface area (Å²) in [7, 11) is 1.98. The van der Waals surface area contributed by atoms with Crippen LogP contribution in [-0.2, 0) is 6.54 Å². The minimum absolute atomic E-state index is 0.432. The predicted molar refractivity (Wildman–Crippen MR) is 57.1 cm³/mol. The summed E-state index contributed by atoms with van der Waals surface area (Å²) >= 11 is 0. The minimum Gasteiger partial charge on any atom is -0.432 e. The van der Waals surface area contributed by atoms with Gasteiger partial charge in [0.15, 0.2) is 0 Å². The lowest BCUT2D eigenvalue weighted by Gasteiger charge is -2.15. The maximum absolute atomic E-state index is 5.44. The molecular weight excluding hydrogens is 178 g/mol. The highest BCUT2D eigenvalue weighted by molar-refractivity contribution is 5.24. The van der Waals surface area contributed by atoms with Crippen molar-refractivity contribution in [2.45, 2.75) is 26.8 Å². The Morgan fingerprint density at radius 3 is 2.79 bits per heavy atom. The molecule has 0 aliphatic carbocycles. The molecule has 0 fully saturated rings. The van der Waals surface area contributed by atoms with E-state index in [1.807, 2.05) is 11.9 Å². The van der Waals surface area contributed by atoms with Crippen LogP contribution in [0, 0.1) is 5.92 Å². The summed E-state index contributed by atoms with van der Waals surface area (Å²) in [6.45, 7) is 5.80. The van der Waals surface area contributed by atoms with Crippen molar-refractivity contribution in [1.29, 1.82) is 0 Å². The van der Waals surface area contributed by atoms with Crippen LogP contribution >= 0.6 is 0 Å². The van der Waals surface area contributed by atoms with Crippen molar-refractivity contribution in [3.8, 4) is 0 Å². The van der Waals surface area contributed by atoms with Gasteiger partial charge in [0, 0.05) is 20.1 Å². The van der Waals surface area contributed by atoms with Crippen LogP contribution in [-0.4, -0.2) is 18.6 Å². The molecular formula is C10H19N3O. The van der Waals surface area contributed by atoms with Crippen LogP contribution in [0.15, 0.2) is 10.7 Å². The molecule has 0 aromatic carbocycles. The van der Waals surface area contributed by atoms with Gasteiger partial charge < -0.3 is 15.1 Å². The van der Waals surface area contributed by atoms with E-state index in [1.165, 1.54) is 0 Å². The minimum atomic E-state index is 0.432. The van der Waals surface area contributed by atoms with Crippen LogP contribution < -0.4 is 10.6 Å². The lowest BCUT2D eigenvalue weighted by atomic mass is 10.1. The molecule has 0 aliphatic rings. The molecule has 0 unspecified atom stereocenters. The maximum atomic E-state index is 5.44. The number of oxazole rings is 1. The summed E-state index contributed by atoms with van der Waals surface area (Å²) < 4.78 is 5.28. The van der Waals surface area contributed by atoms with Crippen LogP contribution in [0.1, 0.15) is 26.0 Å². The summed E-state index contributed by atoms with van der Waals surface area (Å²) in [5.74, 6) is 0.696. The van der Waals surface area contributed by atoms with Gasteiger partial charge in [0.1, 0.15) is 6.26 Å². The second kappa shape index (κ2) is 5.00. The second-order valence-electron chi connectivity index (χ2n) is 3.93. The Kier molecular flexibility index (Phi) is 3.95. The zero-order valence-electron chi connectivity index (χ0n) is 9.16. The molecule has 0 atom stereocenters. The maximum Gasteiger partial charge on any atom is 0.297 e. The number of anilines is 1. The molecule has 0 saturated carbocycles. The molecule has 0 bridgehead atoms. The summed E-state index contributed by atoms with van der Waals surface area (Å²) in [5.41, 5.74) is 6.25. The second-order valence-corrected chi connectivity index (χ2v) is 3.93. The highest BCUT2D eigenvalue weighted by atomic mass is 16.4. The van der Waals surface area contributed by atoms with E-state index in [-0.39, 0.29) is 0 Å². The topological polar surface area (TPSA) is 55.3 Å². The predicted octanol–water partition coefficient (Wildman–Crippen LogP) is 1.62. The molecule has 14 heavy (non-hydrogen) atoms. The van der Waals surface area contributed by atoms with E-state index in [1.54, 1.807) is 6.26 Å². The first-order chi connectivity index (χ1) is 6.63. The number of hydrogen-bond acceptors (Lipinski definition) is 4. The smallest absolute Gasteiger partial charge is 0.297 e. The van der Waals surface area contributed by atoms with Gasteiger partial charge in [-0.15, -0.1) is 0 Å². The Morgan fingerprint density at radius 2 is 2.29 bits per heavy atom. The molecule has 4 nitrogen and oxygen atoms in total. The number of nitrogens with two attached hydrogens (primary N) is 1. The van der Waals surface area contributed by atoms with Gasteiger partial charge in [-0.25, -0.2) is 0 Å². The Labute approximate surface area is 85.1 Å². The summed E-state index contributed by atoms with van der Waals surface area (Å²) in [4.78, 5) is 6.25. The lowest BCUT2D eigenvalue weighted by Crippen LogP contribution is -2.20. The first kappa shape index (κ1) is 11.0. The van der Waals surface area contributed by atoms with Crippen LogP contribution in [0.5, 0.6) is 0 Å². The Bertz CT molecular complexity index is 270. The zero-order valence-corrected chi connectivity index (χ0v) is 9.16. The molecule has 2 N–H and O–H groups in total. The van der Waals surface area contributed by atoms with Crippen molar-refractivity contribution in [1.82, 2.24) is 4.98 Å². The normalized spacial score (nSPS) is 10.9. The van der Waals surface area contributed by atoms with Crippen molar-refractivity contribution < 1.29 is 4.42 Å². The third-order valence-corrected chi connectivity index (χ3v) is 2.12. The van der Waals surface area contributed by atoms with Gasteiger partial charge in [-0.05, 0) is 12.3 Å². The van der Waals surface area contributed by atoms with Crippen molar-refractivity contribution >= 4 is 6.01 Å². The Balaban J connectivity index is 2.47. The van der Waals surface area contributed by atoms with Gasteiger partial charge in [-0.3, -0.25) is 0 Å². The monoisotopic (exact) mass is 197 g/mol. The molecule has 80 valence electrons. The van der Waals surface area contributed by atoms with Crippen molar-refractivity contribution in [3.05, 3.63) is 12.0 Å². The molecule has 4 heteroatoms. The SMILES string of the molecule is CC(C)CCN(C)c1nc(CN)co1. The number of nitrogens with zero attached hydrogens (tertiary/aromatic N) is 2. The van der Waals surface area contributed by atoms with Gasteiger partial charge in [0.25, 0.3) is 6.01 Å². The third-order valence-electron chi connectivity index (χ3n) is 2.12. The highest BCUT2D eigenvalue weighted by Gasteiger charge is 2.08. The first-order valence-electron chi connectivity index (χ1n) is 4.99. The Hall–Kier alpha value is -1.03. The lowest BCUT2D eigenvalue weighted by molar-refractivity contribution is 0.521. The first-order valence-corrected chi connectivity index (χ1v) is 4.99. The summed E-state index contributed by atoms with van der Waals surface area (Å²) in [5, 5.41) is 0. The van der Waals surface area contributed by atoms with Gasteiger partial charge in [0.05, 0.1) is 5.69 Å². The van der Waals surface area contributed by atoms with E-state index < -0.39 is 0 Å². The van der Waals surface area contributed by atoms with E-state index in [0.717, 1.165) is 18.7 Å². The third kappa shape index (κ3) is 3.03. The van der Waals surface area contributed by atoms with Gasteiger partial charge >= 0.3 is 0 Å². The average molecular weight is 197 g/mol.